The third-order valence-electron chi connectivity index (χ3n) is 1.99. The van der Waals surface area contributed by atoms with Gasteiger partial charge in [-0.1, -0.05) is 17.7 Å². The zero-order valence-electron chi connectivity index (χ0n) is 8.22. The van der Waals surface area contributed by atoms with E-state index in [0.29, 0.717) is 5.15 Å². The fourth-order valence-electron chi connectivity index (χ4n) is 1.29. The van der Waals surface area contributed by atoms with E-state index in [1.807, 2.05) is 17.6 Å². The maximum Gasteiger partial charge on any atom is 0.184 e. The third-order valence-corrected chi connectivity index (χ3v) is 3.10. The molecule has 15 heavy (non-hydrogen) atoms. The lowest BCUT2D eigenvalue weighted by Crippen LogP contribution is -2.14. The quantitative estimate of drug-likeness (QED) is 0.739. The van der Waals surface area contributed by atoms with Gasteiger partial charge in [-0.15, -0.1) is 11.3 Å². The Morgan fingerprint density at radius 2 is 2.40 bits per heavy atom. The molecule has 0 amide bonds. The highest BCUT2D eigenvalue weighted by atomic mass is 35.5. The van der Waals surface area contributed by atoms with Crippen molar-refractivity contribution in [1.29, 1.82) is 0 Å². The molecule has 0 aromatic carbocycles. The first-order valence-electron chi connectivity index (χ1n) is 4.47. The molecule has 0 fully saturated rings. The van der Waals surface area contributed by atoms with Gasteiger partial charge >= 0.3 is 0 Å². The van der Waals surface area contributed by atoms with Gasteiger partial charge in [-0.2, -0.15) is 0 Å². The van der Waals surface area contributed by atoms with Crippen molar-refractivity contribution in [1.82, 2.24) is 9.55 Å². The van der Waals surface area contributed by atoms with Gasteiger partial charge in [0.1, 0.15) is 5.15 Å². The number of halogens is 1. The zero-order valence-corrected chi connectivity index (χ0v) is 9.79. The van der Waals surface area contributed by atoms with Crippen LogP contribution in [0.25, 0.3) is 0 Å². The Bertz CT molecular complexity index is 498. The van der Waals surface area contributed by atoms with Crippen LogP contribution in [0.5, 0.6) is 0 Å². The monoisotopic (exact) mass is 239 g/mol. The molecule has 0 spiro atoms. The van der Waals surface area contributed by atoms with Gasteiger partial charge in [0.2, 0.25) is 0 Å². The average molecular weight is 240 g/mol. The van der Waals surface area contributed by atoms with E-state index in [4.69, 9.17) is 11.6 Å². The van der Waals surface area contributed by atoms with Crippen LogP contribution in [0.15, 0.2) is 34.9 Å². The Hall–Kier alpha value is -1.13. The summed E-state index contributed by atoms with van der Waals surface area (Å²) in [4.78, 5) is 9.22. The van der Waals surface area contributed by atoms with Crippen LogP contribution in [0.3, 0.4) is 0 Å². The van der Waals surface area contributed by atoms with E-state index in [9.17, 15) is 0 Å². The number of pyridine rings is 1. The number of hydrogen-bond donors (Lipinski definition) is 0. The van der Waals surface area contributed by atoms with Gasteiger partial charge in [0.05, 0.1) is 6.54 Å². The molecule has 2 rings (SSSR count). The molecule has 2 aromatic rings. The van der Waals surface area contributed by atoms with Gasteiger partial charge in [0.25, 0.3) is 0 Å². The van der Waals surface area contributed by atoms with Crippen LogP contribution in [0.1, 0.15) is 5.56 Å². The smallest absolute Gasteiger partial charge is 0.184 e. The van der Waals surface area contributed by atoms with Crippen molar-refractivity contribution in [3.63, 3.8) is 0 Å². The van der Waals surface area contributed by atoms with E-state index < -0.39 is 0 Å². The zero-order chi connectivity index (χ0) is 10.7. The topological polar surface area (TPSA) is 30.2 Å². The lowest BCUT2D eigenvalue weighted by molar-refractivity contribution is 0.763. The minimum absolute atomic E-state index is 0.523. The maximum absolute atomic E-state index is 5.72. The molecule has 0 aliphatic rings. The summed E-state index contributed by atoms with van der Waals surface area (Å²) in [5.41, 5.74) is 1.12. The highest BCUT2D eigenvalue weighted by molar-refractivity contribution is 7.07. The molecular formula is C10H10ClN3S. The molecule has 3 nitrogen and oxygen atoms in total. The van der Waals surface area contributed by atoms with Crippen molar-refractivity contribution in [2.24, 2.45) is 4.99 Å². The average Bonchev–Trinajstić information content (AvgIpc) is 2.69. The van der Waals surface area contributed by atoms with Crippen LogP contribution in [-0.4, -0.2) is 16.6 Å². The molecule has 0 saturated heterocycles. The minimum Gasteiger partial charge on any atom is -0.320 e. The Morgan fingerprint density at radius 3 is 3.07 bits per heavy atom. The van der Waals surface area contributed by atoms with Crippen LogP contribution < -0.4 is 4.80 Å². The lowest BCUT2D eigenvalue weighted by atomic mass is 10.3. The molecule has 0 unspecified atom stereocenters. The number of nitrogens with zero attached hydrogens (tertiary/aromatic N) is 3. The molecule has 0 aliphatic heterocycles. The lowest BCUT2D eigenvalue weighted by Gasteiger charge is -2.02. The Labute approximate surface area is 96.7 Å². The van der Waals surface area contributed by atoms with E-state index in [1.165, 1.54) is 0 Å². The first kappa shape index (κ1) is 10.4. The second kappa shape index (κ2) is 4.59. The number of aromatic nitrogens is 2. The van der Waals surface area contributed by atoms with Gasteiger partial charge in [-0.3, -0.25) is 4.99 Å². The molecule has 0 aliphatic carbocycles. The molecule has 0 N–H and O–H groups in total. The van der Waals surface area contributed by atoms with Crippen LogP contribution >= 0.6 is 22.9 Å². The first-order chi connectivity index (χ1) is 7.29. The van der Waals surface area contributed by atoms with E-state index in [2.05, 4.69) is 14.5 Å². The second-order valence-corrected chi connectivity index (χ2v) is 4.29. The number of thiazole rings is 1. The van der Waals surface area contributed by atoms with Gasteiger partial charge < -0.3 is 4.57 Å². The van der Waals surface area contributed by atoms with Crippen molar-refractivity contribution >= 4 is 22.9 Å². The molecule has 78 valence electrons. The highest BCUT2D eigenvalue weighted by Crippen LogP contribution is 2.06. The summed E-state index contributed by atoms with van der Waals surface area (Å²) >= 11 is 7.34. The SMILES string of the molecule is CN=c1sccn1Cc1ccc(Cl)nc1. The number of rotatable bonds is 2. The summed E-state index contributed by atoms with van der Waals surface area (Å²) in [6.07, 6.45) is 3.80. The molecule has 0 bridgehead atoms. The molecular weight excluding hydrogens is 230 g/mol. The highest BCUT2D eigenvalue weighted by Gasteiger charge is 1.97. The van der Waals surface area contributed by atoms with E-state index >= 15 is 0 Å². The standard InChI is InChI=1S/C10H10ClN3S/c1-12-10-14(4-5-15-10)7-8-2-3-9(11)13-6-8/h2-6H,7H2,1H3. The third kappa shape index (κ3) is 2.46. The summed E-state index contributed by atoms with van der Waals surface area (Å²) in [6.45, 7) is 0.778. The summed E-state index contributed by atoms with van der Waals surface area (Å²) in [6, 6.07) is 3.77. The van der Waals surface area contributed by atoms with E-state index in [-0.39, 0.29) is 0 Å². The van der Waals surface area contributed by atoms with Gasteiger partial charge in [0.15, 0.2) is 4.80 Å². The van der Waals surface area contributed by atoms with Crippen LogP contribution in [0, 0.1) is 0 Å². The Balaban J connectivity index is 2.26. The van der Waals surface area contributed by atoms with Crippen molar-refractivity contribution in [2.75, 3.05) is 7.05 Å². The largest absolute Gasteiger partial charge is 0.320 e. The van der Waals surface area contributed by atoms with E-state index in [0.717, 1.165) is 16.9 Å². The summed E-state index contributed by atoms with van der Waals surface area (Å²) in [5, 5.41) is 2.54. The second-order valence-electron chi connectivity index (χ2n) is 3.03. The van der Waals surface area contributed by atoms with Crippen LogP contribution in [-0.2, 0) is 6.54 Å². The number of hydrogen-bond acceptors (Lipinski definition) is 3. The summed E-state index contributed by atoms with van der Waals surface area (Å²) in [5.74, 6) is 0. The molecule has 0 atom stereocenters. The first-order valence-corrected chi connectivity index (χ1v) is 5.72. The predicted octanol–water partition coefficient (Wildman–Crippen LogP) is 2.18. The summed E-state index contributed by atoms with van der Waals surface area (Å²) < 4.78 is 2.08. The van der Waals surface area contributed by atoms with E-state index in [1.54, 1.807) is 30.6 Å². The molecule has 0 saturated carbocycles. The molecule has 0 radical (unpaired) electrons. The van der Waals surface area contributed by atoms with Crippen molar-refractivity contribution in [2.45, 2.75) is 6.54 Å². The van der Waals surface area contributed by atoms with Gasteiger partial charge in [-0.25, -0.2) is 4.98 Å². The van der Waals surface area contributed by atoms with Crippen LogP contribution in [0.4, 0.5) is 0 Å². The Kier molecular flexibility index (Phi) is 3.18. The fraction of sp³-hybridized carbons (Fsp3) is 0.200. The fourth-order valence-corrected chi connectivity index (χ4v) is 2.10. The van der Waals surface area contributed by atoms with Crippen LogP contribution in [0.2, 0.25) is 5.15 Å². The predicted molar refractivity (Wildman–Crippen MR) is 62.1 cm³/mol. The van der Waals surface area contributed by atoms with Gasteiger partial charge in [-0.05, 0) is 11.6 Å². The van der Waals surface area contributed by atoms with Crippen molar-refractivity contribution in [3.8, 4) is 0 Å². The minimum atomic E-state index is 0.523. The van der Waals surface area contributed by atoms with Gasteiger partial charge in [0, 0.05) is 24.8 Å². The maximum atomic E-state index is 5.72. The van der Waals surface area contributed by atoms with Crippen molar-refractivity contribution in [3.05, 3.63) is 45.4 Å². The molecule has 2 aromatic heterocycles. The molecule has 2 heterocycles. The molecule has 5 heteroatoms. The Morgan fingerprint density at radius 1 is 1.53 bits per heavy atom. The normalized spacial score (nSPS) is 12.0. The van der Waals surface area contributed by atoms with Crippen molar-refractivity contribution < 1.29 is 0 Å². The summed E-state index contributed by atoms with van der Waals surface area (Å²) in [7, 11) is 1.79.